The largest absolute Gasteiger partial charge is 0.497 e. The SMILES string of the molecule is COc1ccc(N2CCC(=CC3(C(=O)OC(c4ccccc4)c4ccccc4)C=CSC4CC(=O)N43)C2=O)cc1. The minimum absolute atomic E-state index is 0.149. The lowest BCUT2D eigenvalue weighted by molar-refractivity contribution is -0.167. The number of fused-ring (bicyclic) bond motifs is 1. The zero-order valence-corrected chi connectivity index (χ0v) is 22.8. The molecular formula is C32H28N2O5S. The van der Waals surface area contributed by atoms with E-state index in [1.165, 1.54) is 11.8 Å². The molecule has 8 heteroatoms. The Hall–Kier alpha value is -4.30. The summed E-state index contributed by atoms with van der Waals surface area (Å²) in [4.78, 5) is 44.0. The minimum Gasteiger partial charge on any atom is -0.497 e. The first-order valence-corrected chi connectivity index (χ1v) is 14.1. The van der Waals surface area contributed by atoms with Gasteiger partial charge in [-0.3, -0.25) is 9.59 Å². The molecule has 2 amide bonds. The van der Waals surface area contributed by atoms with Crippen LogP contribution in [0.5, 0.6) is 5.75 Å². The maximum Gasteiger partial charge on any atom is 0.341 e. The Bertz CT molecular complexity index is 1450. The monoisotopic (exact) mass is 552 g/mol. The van der Waals surface area contributed by atoms with Crippen LogP contribution in [0.15, 0.2) is 108 Å². The maximum atomic E-state index is 14.3. The Labute approximate surface area is 237 Å². The van der Waals surface area contributed by atoms with Gasteiger partial charge in [0.2, 0.25) is 5.91 Å². The van der Waals surface area contributed by atoms with E-state index < -0.39 is 17.6 Å². The average Bonchev–Trinajstić information content (AvgIpc) is 3.35. The zero-order valence-electron chi connectivity index (χ0n) is 21.9. The predicted octanol–water partition coefficient (Wildman–Crippen LogP) is 5.25. The van der Waals surface area contributed by atoms with E-state index in [0.29, 0.717) is 30.7 Å². The van der Waals surface area contributed by atoms with Gasteiger partial charge in [-0.25, -0.2) is 4.79 Å². The van der Waals surface area contributed by atoms with Crippen LogP contribution in [0.25, 0.3) is 0 Å². The van der Waals surface area contributed by atoms with Crippen molar-refractivity contribution in [1.82, 2.24) is 4.90 Å². The van der Waals surface area contributed by atoms with Crippen molar-refractivity contribution in [2.24, 2.45) is 0 Å². The third-order valence-corrected chi connectivity index (χ3v) is 8.51. The molecular weight excluding hydrogens is 524 g/mol. The summed E-state index contributed by atoms with van der Waals surface area (Å²) in [6, 6.07) is 26.3. The Morgan fingerprint density at radius 2 is 1.62 bits per heavy atom. The van der Waals surface area contributed by atoms with E-state index in [9.17, 15) is 14.4 Å². The number of rotatable bonds is 7. The summed E-state index contributed by atoms with van der Waals surface area (Å²) in [7, 11) is 1.59. The molecule has 6 rings (SSSR count). The van der Waals surface area contributed by atoms with Crippen LogP contribution in [-0.4, -0.2) is 47.3 Å². The van der Waals surface area contributed by atoms with E-state index in [1.54, 1.807) is 41.2 Å². The number of amides is 2. The zero-order chi connectivity index (χ0) is 27.7. The van der Waals surface area contributed by atoms with Gasteiger partial charge in [0.25, 0.3) is 5.91 Å². The first kappa shape index (κ1) is 26.0. The molecule has 0 spiro atoms. The Morgan fingerprint density at radius 3 is 2.23 bits per heavy atom. The number of hydrogen-bond acceptors (Lipinski definition) is 6. The number of benzene rings is 3. The quantitative estimate of drug-likeness (QED) is 0.227. The molecule has 3 heterocycles. The second kappa shape index (κ2) is 10.7. The van der Waals surface area contributed by atoms with Gasteiger partial charge >= 0.3 is 5.97 Å². The molecule has 2 atom stereocenters. The number of carbonyl (C=O) groups is 3. The van der Waals surface area contributed by atoms with E-state index in [1.807, 2.05) is 78.2 Å². The number of methoxy groups -OCH3 is 1. The number of thioether (sulfide) groups is 1. The highest BCUT2D eigenvalue weighted by atomic mass is 32.2. The van der Waals surface area contributed by atoms with Crippen LogP contribution >= 0.6 is 11.8 Å². The minimum atomic E-state index is -1.52. The molecule has 0 aliphatic carbocycles. The molecule has 3 aliphatic rings. The van der Waals surface area contributed by atoms with Crippen LogP contribution in [0, 0.1) is 0 Å². The molecule has 7 nitrogen and oxygen atoms in total. The first-order chi connectivity index (χ1) is 19.5. The molecule has 2 fully saturated rings. The summed E-state index contributed by atoms with van der Waals surface area (Å²) in [6.45, 7) is 0.467. The van der Waals surface area contributed by atoms with E-state index in [2.05, 4.69) is 0 Å². The summed E-state index contributed by atoms with van der Waals surface area (Å²) in [5.41, 5.74) is 1.32. The molecule has 202 valence electrons. The fraction of sp³-hybridized carbons (Fsp3) is 0.219. The first-order valence-electron chi connectivity index (χ1n) is 13.1. The smallest absolute Gasteiger partial charge is 0.341 e. The van der Waals surface area contributed by atoms with Crippen molar-refractivity contribution in [3.05, 3.63) is 119 Å². The summed E-state index contributed by atoms with van der Waals surface area (Å²) in [6.07, 6.45) is 3.43. The van der Waals surface area contributed by atoms with Gasteiger partial charge in [-0.05, 0) is 59.4 Å². The van der Waals surface area contributed by atoms with Crippen molar-refractivity contribution in [2.75, 3.05) is 18.6 Å². The van der Waals surface area contributed by atoms with Gasteiger partial charge in [-0.2, -0.15) is 0 Å². The summed E-state index contributed by atoms with van der Waals surface area (Å²) in [5, 5.41) is 1.65. The van der Waals surface area contributed by atoms with Crippen molar-refractivity contribution in [3.63, 3.8) is 0 Å². The summed E-state index contributed by atoms with van der Waals surface area (Å²) >= 11 is 1.49. The number of nitrogens with zero attached hydrogens (tertiary/aromatic N) is 2. The fourth-order valence-electron chi connectivity index (χ4n) is 5.41. The highest BCUT2D eigenvalue weighted by molar-refractivity contribution is 8.02. The van der Waals surface area contributed by atoms with Crippen LogP contribution in [0.2, 0.25) is 0 Å². The van der Waals surface area contributed by atoms with Gasteiger partial charge < -0.3 is 19.3 Å². The standard InChI is InChI=1S/C32H28N2O5S/c1-38-26-14-12-25(13-15-26)33-18-16-24(30(33)36)21-32(17-19-40-28-20-27(35)34(28)32)31(37)39-29(22-8-4-2-5-9-22)23-10-6-3-7-11-23/h2-15,17,19,21,28-29H,16,18,20H2,1H3. The third-order valence-electron chi connectivity index (χ3n) is 7.52. The van der Waals surface area contributed by atoms with E-state index in [0.717, 1.165) is 16.8 Å². The second-order valence-electron chi connectivity index (χ2n) is 9.87. The fourth-order valence-corrected chi connectivity index (χ4v) is 6.53. The van der Waals surface area contributed by atoms with Crippen LogP contribution < -0.4 is 9.64 Å². The molecule has 2 unspecified atom stereocenters. The Morgan fingerprint density at radius 1 is 0.975 bits per heavy atom. The normalized spacial score (nSPS) is 22.9. The predicted molar refractivity (Wildman–Crippen MR) is 154 cm³/mol. The highest BCUT2D eigenvalue weighted by Crippen LogP contribution is 2.45. The van der Waals surface area contributed by atoms with Crippen molar-refractivity contribution >= 4 is 35.2 Å². The maximum absolute atomic E-state index is 14.3. The molecule has 0 saturated carbocycles. The summed E-state index contributed by atoms with van der Waals surface area (Å²) in [5.74, 6) is -0.241. The van der Waals surface area contributed by atoms with Crippen molar-refractivity contribution in [1.29, 1.82) is 0 Å². The van der Waals surface area contributed by atoms with Crippen molar-refractivity contribution in [3.8, 4) is 5.75 Å². The average molecular weight is 553 g/mol. The Kier molecular flexibility index (Phi) is 6.94. The van der Waals surface area contributed by atoms with Gasteiger partial charge in [0.15, 0.2) is 11.6 Å². The summed E-state index contributed by atoms with van der Waals surface area (Å²) < 4.78 is 11.5. The van der Waals surface area contributed by atoms with E-state index >= 15 is 0 Å². The topological polar surface area (TPSA) is 76.2 Å². The van der Waals surface area contributed by atoms with Gasteiger partial charge in [0.1, 0.15) is 5.75 Å². The molecule has 3 aromatic carbocycles. The number of carbonyl (C=O) groups excluding carboxylic acids is 3. The molecule has 0 bridgehead atoms. The number of esters is 1. The number of hydrogen-bond donors (Lipinski definition) is 0. The van der Waals surface area contributed by atoms with E-state index in [4.69, 9.17) is 9.47 Å². The van der Waals surface area contributed by atoms with Gasteiger partial charge in [-0.15, -0.1) is 11.8 Å². The van der Waals surface area contributed by atoms with Gasteiger partial charge in [0, 0.05) is 17.8 Å². The lowest BCUT2D eigenvalue weighted by atomic mass is 9.89. The van der Waals surface area contributed by atoms with Crippen LogP contribution in [-0.2, 0) is 19.1 Å². The molecule has 2 saturated heterocycles. The number of anilines is 1. The molecule has 3 aromatic rings. The number of ether oxygens (including phenoxy) is 2. The lowest BCUT2D eigenvalue weighted by Crippen LogP contribution is -2.66. The van der Waals surface area contributed by atoms with Crippen LogP contribution in [0.3, 0.4) is 0 Å². The Balaban J connectivity index is 1.37. The van der Waals surface area contributed by atoms with Gasteiger partial charge in [-0.1, -0.05) is 60.7 Å². The highest BCUT2D eigenvalue weighted by Gasteiger charge is 2.56. The molecule has 0 radical (unpaired) electrons. The van der Waals surface area contributed by atoms with Gasteiger partial charge in [0.05, 0.1) is 18.9 Å². The van der Waals surface area contributed by atoms with Crippen LogP contribution in [0.4, 0.5) is 5.69 Å². The molecule has 40 heavy (non-hydrogen) atoms. The van der Waals surface area contributed by atoms with Crippen molar-refractivity contribution < 1.29 is 23.9 Å². The van der Waals surface area contributed by atoms with E-state index in [-0.39, 0.29) is 17.2 Å². The van der Waals surface area contributed by atoms with Crippen molar-refractivity contribution in [2.45, 2.75) is 29.9 Å². The molecule has 3 aliphatic heterocycles. The van der Waals surface area contributed by atoms with Crippen LogP contribution in [0.1, 0.15) is 30.1 Å². The molecule has 0 N–H and O–H groups in total. The second-order valence-corrected chi connectivity index (χ2v) is 11.0. The molecule has 0 aromatic heterocycles. The third kappa shape index (κ3) is 4.58. The lowest BCUT2D eigenvalue weighted by Gasteiger charge is -2.51. The number of β-lactam (4-membered cyclic amide) rings is 1.